The summed E-state index contributed by atoms with van der Waals surface area (Å²) in [6, 6.07) is 8.95. The fourth-order valence-electron chi connectivity index (χ4n) is 2.95. The van der Waals surface area contributed by atoms with Gasteiger partial charge in [0.15, 0.2) is 8.32 Å². The van der Waals surface area contributed by atoms with E-state index in [2.05, 4.69) is 48.6 Å². The van der Waals surface area contributed by atoms with Crippen molar-refractivity contribution in [2.24, 2.45) is 0 Å². The van der Waals surface area contributed by atoms with Crippen molar-refractivity contribution < 1.29 is 13.9 Å². The van der Waals surface area contributed by atoms with E-state index in [1.165, 1.54) is 6.08 Å². The molecule has 6 heteroatoms. The number of halogens is 2. The number of aromatic nitrogens is 1. The normalized spacial score (nSPS) is 15.4. The van der Waals surface area contributed by atoms with Crippen molar-refractivity contribution in [2.45, 2.75) is 64.3 Å². The van der Waals surface area contributed by atoms with Gasteiger partial charge in [-0.2, -0.15) is 0 Å². The van der Waals surface area contributed by atoms with E-state index >= 15 is 0 Å². The summed E-state index contributed by atoms with van der Waals surface area (Å²) >= 11 is 3.43. The molecule has 1 N–H and O–H groups in total. The molecule has 0 radical (unpaired) electrons. The average Bonchev–Trinajstić information content (AvgIpc) is 2.59. The Balaban J connectivity index is 3.15. The summed E-state index contributed by atoms with van der Waals surface area (Å²) < 4.78 is 20.8. The lowest BCUT2D eigenvalue weighted by Gasteiger charge is -2.40. The molecule has 0 unspecified atom stereocenters. The smallest absolute Gasteiger partial charge is 0.193 e. The quantitative estimate of drug-likeness (QED) is 0.391. The SMILES string of the molecule is CC[Si](CC)(CC)O[C@](C)(CC/C=C(/F)CO)c1cccc(Br)n1. The zero-order valence-corrected chi connectivity index (χ0v) is 17.7. The first-order chi connectivity index (χ1) is 11.3. The molecule has 0 aliphatic heterocycles. The summed E-state index contributed by atoms with van der Waals surface area (Å²) in [6.07, 6.45) is 2.56. The molecule has 0 saturated heterocycles. The molecule has 0 aromatic carbocycles. The zero-order chi connectivity index (χ0) is 18.2. The highest BCUT2D eigenvalue weighted by Crippen LogP contribution is 2.37. The molecule has 0 fully saturated rings. The molecule has 24 heavy (non-hydrogen) atoms. The van der Waals surface area contributed by atoms with Gasteiger partial charge >= 0.3 is 0 Å². The summed E-state index contributed by atoms with van der Waals surface area (Å²) in [4.78, 5) is 4.60. The average molecular weight is 418 g/mol. The Labute approximate surface area is 154 Å². The Morgan fingerprint density at radius 1 is 1.33 bits per heavy atom. The van der Waals surface area contributed by atoms with Crippen molar-refractivity contribution in [3.05, 3.63) is 40.4 Å². The maximum atomic E-state index is 13.3. The first-order valence-electron chi connectivity index (χ1n) is 8.63. The number of pyridine rings is 1. The molecule has 1 atom stereocenters. The van der Waals surface area contributed by atoms with Crippen molar-refractivity contribution in [2.75, 3.05) is 6.61 Å². The van der Waals surface area contributed by atoms with Gasteiger partial charge in [0, 0.05) is 0 Å². The molecule has 0 bridgehead atoms. The Bertz CT molecular complexity index is 543. The van der Waals surface area contributed by atoms with Crippen molar-refractivity contribution in [1.82, 2.24) is 4.98 Å². The summed E-state index contributed by atoms with van der Waals surface area (Å²) in [7, 11) is -1.86. The summed E-state index contributed by atoms with van der Waals surface area (Å²) in [6.45, 7) is 8.08. The Kier molecular flexibility index (Phi) is 8.77. The molecule has 0 aliphatic rings. The molecule has 0 aliphatic carbocycles. The highest BCUT2D eigenvalue weighted by molar-refractivity contribution is 9.10. The van der Waals surface area contributed by atoms with Crippen LogP contribution in [0.2, 0.25) is 18.1 Å². The third-order valence-electron chi connectivity index (χ3n) is 4.77. The van der Waals surface area contributed by atoms with Crippen molar-refractivity contribution in [3.8, 4) is 0 Å². The van der Waals surface area contributed by atoms with Gasteiger partial charge in [0.05, 0.1) is 17.9 Å². The molecule has 1 rings (SSSR count). The van der Waals surface area contributed by atoms with Crippen LogP contribution < -0.4 is 0 Å². The van der Waals surface area contributed by atoms with Crippen molar-refractivity contribution >= 4 is 24.2 Å². The fraction of sp³-hybridized carbons (Fsp3) is 0.611. The number of hydrogen-bond donors (Lipinski definition) is 1. The third-order valence-corrected chi connectivity index (χ3v) is 9.96. The summed E-state index contributed by atoms with van der Waals surface area (Å²) in [5.74, 6) is -0.496. The van der Waals surface area contributed by atoms with Gasteiger partial charge in [-0.25, -0.2) is 9.37 Å². The molecule has 1 heterocycles. The molecule has 0 spiro atoms. The van der Waals surface area contributed by atoms with E-state index in [0.29, 0.717) is 12.8 Å². The van der Waals surface area contributed by atoms with Crippen LogP contribution in [0.5, 0.6) is 0 Å². The second-order valence-electron chi connectivity index (χ2n) is 6.27. The highest BCUT2D eigenvalue weighted by atomic mass is 79.9. The van der Waals surface area contributed by atoms with Crippen LogP contribution >= 0.6 is 15.9 Å². The lowest BCUT2D eigenvalue weighted by molar-refractivity contribution is 0.0596. The maximum Gasteiger partial charge on any atom is 0.193 e. The fourth-order valence-corrected chi connectivity index (χ4v) is 6.39. The Morgan fingerprint density at radius 2 is 1.96 bits per heavy atom. The predicted octanol–water partition coefficient (Wildman–Crippen LogP) is 5.71. The number of aliphatic hydroxyl groups excluding tert-OH is 1. The van der Waals surface area contributed by atoms with Gasteiger partial charge < -0.3 is 9.53 Å². The van der Waals surface area contributed by atoms with Crippen molar-refractivity contribution in [3.63, 3.8) is 0 Å². The van der Waals surface area contributed by atoms with Crippen LogP contribution in [-0.4, -0.2) is 25.0 Å². The van der Waals surface area contributed by atoms with Crippen molar-refractivity contribution in [1.29, 1.82) is 0 Å². The second-order valence-corrected chi connectivity index (χ2v) is 11.8. The number of nitrogens with zero attached hydrogens (tertiary/aromatic N) is 1. The van der Waals surface area contributed by atoms with E-state index in [9.17, 15) is 4.39 Å². The van der Waals surface area contributed by atoms with Gasteiger partial charge in [0.2, 0.25) is 0 Å². The van der Waals surface area contributed by atoms with E-state index in [0.717, 1.165) is 28.4 Å². The number of allylic oxidation sites excluding steroid dienone is 1. The van der Waals surface area contributed by atoms with E-state index in [4.69, 9.17) is 9.53 Å². The number of rotatable bonds is 10. The third kappa shape index (κ3) is 5.76. The molecule has 136 valence electrons. The molecule has 0 amide bonds. The number of aliphatic hydroxyl groups is 1. The van der Waals surface area contributed by atoms with E-state index in [-0.39, 0.29) is 0 Å². The largest absolute Gasteiger partial charge is 0.406 e. The van der Waals surface area contributed by atoms with Gasteiger partial charge in [-0.15, -0.1) is 0 Å². The van der Waals surface area contributed by atoms with Crippen LogP contribution in [0.1, 0.15) is 46.2 Å². The number of hydrogen-bond acceptors (Lipinski definition) is 3. The first-order valence-corrected chi connectivity index (χ1v) is 12.0. The molecule has 1 aromatic heterocycles. The minimum atomic E-state index is -1.86. The van der Waals surface area contributed by atoms with Gasteiger partial charge in [-0.3, -0.25) is 0 Å². The zero-order valence-electron chi connectivity index (χ0n) is 15.1. The Morgan fingerprint density at radius 3 is 2.46 bits per heavy atom. The van der Waals surface area contributed by atoms with Gasteiger partial charge in [-0.1, -0.05) is 32.9 Å². The van der Waals surface area contributed by atoms with E-state index in [1.54, 1.807) is 0 Å². The minimum absolute atomic E-state index is 0.496. The highest BCUT2D eigenvalue weighted by Gasteiger charge is 2.39. The molecule has 3 nitrogen and oxygen atoms in total. The maximum absolute atomic E-state index is 13.3. The van der Waals surface area contributed by atoms with Crippen LogP contribution in [0.3, 0.4) is 0 Å². The minimum Gasteiger partial charge on any atom is -0.406 e. The van der Waals surface area contributed by atoms with Crippen LogP contribution in [0.25, 0.3) is 0 Å². The van der Waals surface area contributed by atoms with Gasteiger partial charge in [0.1, 0.15) is 10.4 Å². The van der Waals surface area contributed by atoms with Crippen LogP contribution in [0.4, 0.5) is 4.39 Å². The van der Waals surface area contributed by atoms with Crippen LogP contribution in [-0.2, 0) is 10.0 Å². The molecule has 0 saturated carbocycles. The van der Waals surface area contributed by atoms with Gasteiger partial charge in [0.25, 0.3) is 0 Å². The monoisotopic (exact) mass is 417 g/mol. The predicted molar refractivity (Wildman–Crippen MR) is 103 cm³/mol. The Hall–Kier alpha value is -0.563. The molecular weight excluding hydrogens is 389 g/mol. The molecule has 1 aromatic rings. The molecular formula is C18H29BrFNO2Si. The lowest BCUT2D eigenvalue weighted by atomic mass is 9.95. The van der Waals surface area contributed by atoms with E-state index in [1.807, 2.05) is 18.2 Å². The topological polar surface area (TPSA) is 42.4 Å². The summed E-state index contributed by atoms with van der Waals surface area (Å²) in [5, 5.41) is 8.83. The summed E-state index contributed by atoms with van der Waals surface area (Å²) in [5.41, 5.74) is 0.298. The first kappa shape index (κ1) is 21.5. The second kappa shape index (κ2) is 9.80. The van der Waals surface area contributed by atoms with Crippen LogP contribution in [0.15, 0.2) is 34.7 Å². The van der Waals surface area contributed by atoms with Crippen LogP contribution in [0, 0.1) is 0 Å². The van der Waals surface area contributed by atoms with E-state index < -0.39 is 26.4 Å². The van der Waals surface area contributed by atoms with Gasteiger partial charge in [-0.05, 0) is 66.0 Å². The lowest BCUT2D eigenvalue weighted by Crippen LogP contribution is -2.44. The standard InChI is InChI=1S/C18H29BrFNO2Si/c1-5-24(6-2,7-3)23-18(4,13-9-10-15(20)14-22)16-11-8-12-17(19)21-16/h8,10-12,22H,5-7,9,13-14H2,1-4H3/b15-10+/t18-/m1/s1.